The van der Waals surface area contributed by atoms with Gasteiger partial charge in [-0.2, -0.15) is 0 Å². The summed E-state index contributed by atoms with van der Waals surface area (Å²) in [6.07, 6.45) is 3.84. The van der Waals surface area contributed by atoms with Crippen molar-refractivity contribution in [3.05, 3.63) is 11.1 Å². The number of ether oxygens (including phenoxy) is 1. The molecule has 1 aliphatic heterocycles. The lowest BCUT2D eigenvalue weighted by Crippen LogP contribution is -2.48. The predicted molar refractivity (Wildman–Crippen MR) is 66.8 cm³/mol. The van der Waals surface area contributed by atoms with Gasteiger partial charge >= 0.3 is 5.97 Å². The third-order valence-electron chi connectivity index (χ3n) is 5.38. The standard InChI is InChI=1S/C15H20O3/c1-14(2)5-4-6-15(3)11(14)7-10(16)9-8-18-13(17)12(9)15/h11H,4-8H2,1-3H3/t11-,15-/m0/s1. The molecule has 3 heteroatoms. The van der Waals surface area contributed by atoms with E-state index in [1.807, 2.05) is 0 Å². The maximum absolute atomic E-state index is 12.2. The fraction of sp³-hybridized carbons (Fsp3) is 0.733. The summed E-state index contributed by atoms with van der Waals surface area (Å²) in [7, 11) is 0. The van der Waals surface area contributed by atoms with Crippen molar-refractivity contribution >= 4 is 11.8 Å². The Kier molecular flexibility index (Phi) is 2.30. The van der Waals surface area contributed by atoms with Crippen molar-refractivity contribution in [2.45, 2.75) is 46.5 Å². The van der Waals surface area contributed by atoms with Gasteiger partial charge in [-0.05, 0) is 24.2 Å². The summed E-state index contributed by atoms with van der Waals surface area (Å²) in [4.78, 5) is 24.2. The first-order valence-corrected chi connectivity index (χ1v) is 6.80. The minimum absolute atomic E-state index is 0.129. The molecule has 1 saturated carbocycles. The van der Waals surface area contributed by atoms with Crippen LogP contribution in [0.5, 0.6) is 0 Å². The number of hydrogen-bond acceptors (Lipinski definition) is 3. The number of carbonyl (C=O) groups excluding carboxylic acids is 2. The van der Waals surface area contributed by atoms with Crippen molar-refractivity contribution in [2.24, 2.45) is 16.7 Å². The maximum atomic E-state index is 12.2. The number of ketones is 1. The van der Waals surface area contributed by atoms with Crippen LogP contribution in [0, 0.1) is 16.7 Å². The summed E-state index contributed by atoms with van der Waals surface area (Å²) >= 11 is 0. The third-order valence-corrected chi connectivity index (χ3v) is 5.38. The van der Waals surface area contributed by atoms with E-state index in [-0.39, 0.29) is 35.1 Å². The second-order valence-electron chi connectivity index (χ2n) is 6.87. The fourth-order valence-electron chi connectivity index (χ4n) is 4.43. The molecule has 0 saturated heterocycles. The van der Waals surface area contributed by atoms with Gasteiger partial charge in [0.1, 0.15) is 6.61 Å². The van der Waals surface area contributed by atoms with Gasteiger partial charge in [-0.1, -0.05) is 27.2 Å². The highest BCUT2D eigenvalue weighted by Crippen LogP contribution is 2.59. The average Bonchev–Trinajstić information content (AvgIpc) is 2.66. The molecule has 98 valence electrons. The third kappa shape index (κ3) is 1.36. The highest BCUT2D eigenvalue weighted by atomic mass is 16.5. The van der Waals surface area contributed by atoms with Crippen LogP contribution in [0.2, 0.25) is 0 Å². The smallest absolute Gasteiger partial charge is 0.335 e. The molecule has 0 spiro atoms. The molecular weight excluding hydrogens is 228 g/mol. The number of rotatable bonds is 0. The maximum Gasteiger partial charge on any atom is 0.335 e. The van der Waals surface area contributed by atoms with E-state index < -0.39 is 0 Å². The minimum Gasteiger partial charge on any atom is -0.457 e. The molecule has 0 amide bonds. The van der Waals surface area contributed by atoms with Gasteiger partial charge in [0.25, 0.3) is 0 Å². The van der Waals surface area contributed by atoms with Crippen LogP contribution in [0.25, 0.3) is 0 Å². The Balaban J connectivity index is 2.15. The van der Waals surface area contributed by atoms with E-state index in [4.69, 9.17) is 4.74 Å². The van der Waals surface area contributed by atoms with Crippen LogP contribution in [0.1, 0.15) is 46.5 Å². The Hall–Kier alpha value is -1.12. The van der Waals surface area contributed by atoms with Gasteiger partial charge in [-0.25, -0.2) is 4.79 Å². The number of carbonyl (C=O) groups is 2. The molecule has 2 aliphatic carbocycles. The van der Waals surface area contributed by atoms with E-state index in [1.54, 1.807) is 0 Å². The molecule has 0 radical (unpaired) electrons. The molecule has 0 aromatic rings. The second kappa shape index (κ2) is 3.46. The van der Waals surface area contributed by atoms with Gasteiger partial charge in [0.05, 0.1) is 5.57 Å². The summed E-state index contributed by atoms with van der Waals surface area (Å²) < 4.78 is 5.12. The zero-order valence-electron chi connectivity index (χ0n) is 11.3. The molecule has 1 heterocycles. The Morgan fingerprint density at radius 1 is 1.17 bits per heavy atom. The van der Waals surface area contributed by atoms with Gasteiger partial charge in [0, 0.05) is 17.4 Å². The lowest BCUT2D eigenvalue weighted by Gasteiger charge is -2.52. The van der Waals surface area contributed by atoms with Crippen molar-refractivity contribution in [2.75, 3.05) is 6.61 Å². The summed E-state index contributed by atoms with van der Waals surface area (Å²) in [5.41, 5.74) is 1.34. The highest BCUT2D eigenvalue weighted by molar-refractivity contribution is 6.09. The molecule has 3 aliphatic rings. The van der Waals surface area contributed by atoms with E-state index in [2.05, 4.69) is 20.8 Å². The van der Waals surface area contributed by atoms with Crippen molar-refractivity contribution in [3.63, 3.8) is 0 Å². The van der Waals surface area contributed by atoms with E-state index in [1.165, 1.54) is 0 Å². The van der Waals surface area contributed by atoms with Crippen LogP contribution >= 0.6 is 0 Å². The zero-order chi connectivity index (χ0) is 13.1. The molecule has 3 nitrogen and oxygen atoms in total. The summed E-state index contributed by atoms with van der Waals surface area (Å²) in [5.74, 6) is 0.159. The molecule has 0 aromatic heterocycles. The Morgan fingerprint density at radius 2 is 1.89 bits per heavy atom. The van der Waals surface area contributed by atoms with Crippen molar-refractivity contribution < 1.29 is 14.3 Å². The molecule has 2 atom stereocenters. The van der Waals surface area contributed by atoms with Gasteiger partial charge in [-0.15, -0.1) is 0 Å². The van der Waals surface area contributed by atoms with E-state index in [9.17, 15) is 9.59 Å². The van der Waals surface area contributed by atoms with Crippen molar-refractivity contribution in [1.82, 2.24) is 0 Å². The summed E-state index contributed by atoms with van der Waals surface area (Å²) in [5, 5.41) is 0. The Labute approximate surface area is 108 Å². The van der Waals surface area contributed by atoms with Crippen LogP contribution in [0.15, 0.2) is 11.1 Å². The fourth-order valence-corrected chi connectivity index (χ4v) is 4.43. The first kappa shape index (κ1) is 11.9. The van der Waals surface area contributed by atoms with Gasteiger partial charge in [0.15, 0.2) is 5.78 Å². The quantitative estimate of drug-likeness (QED) is 0.619. The molecule has 0 bridgehead atoms. The van der Waals surface area contributed by atoms with E-state index in [0.29, 0.717) is 17.6 Å². The first-order valence-electron chi connectivity index (χ1n) is 6.80. The lowest BCUT2D eigenvalue weighted by atomic mass is 9.50. The molecule has 0 unspecified atom stereocenters. The topological polar surface area (TPSA) is 43.4 Å². The number of Topliss-reactive ketones (excluding diaryl/α,β-unsaturated/α-hetero) is 1. The number of esters is 1. The molecule has 1 fully saturated rings. The van der Waals surface area contributed by atoms with Crippen molar-refractivity contribution in [3.8, 4) is 0 Å². The normalized spacial score (nSPS) is 38.3. The second-order valence-corrected chi connectivity index (χ2v) is 6.87. The summed E-state index contributed by atoms with van der Waals surface area (Å²) in [6, 6.07) is 0. The van der Waals surface area contributed by atoms with Crippen LogP contribution < -0.4 is 0 Å². The van der Waals surface area contributed by atoms with E-state index >= 15 is 0 Å². The SMILES string of the molecule is CC1(C)CCC[C@]2(C)C3=C(COC3=O)C(=O)C[C@@H]12. The largest absolute Gasteiger partial charge is 0.457 e. The number of hydrogen-bond donors (Lipinski definition) is 0. The molecular formula is C15H20O3. The Morgan fingerprint density at radius 3 is 2.61 bits per heavy atom. The number of fused-ring (bicyclic) bond motifs is 2. The van der Waals surface area contributed by atoms with Crippen LogP contribution in [0.3, 0.4) is 0 Å². The molecule has 3 rings (SSSR count). The van der Waals surface area contributed by atoms with E-state index in [0.717, 1.165) is 19.3 Å². The lowest BCUT2D eigenvalue weighted by molar-refractivity contribution is -0.138. The zero-order valence-corrected chi connectivity index (χ0v) is 11.3. The highest BCUT2D eigenvalue weighted by Gasteiger charge is 2.56. The monoisotopic (exact) mass is 248 g/mol. The number of cyclic esters (lactones) is 1. The van der Waals surface area contributed by atoms with Gasteiger partial charge in [0.2, 0.25) is 0 Å². The summed E-state index contributed by atoms with van der Waals surface area (Å²) in [6.45, 7) is 6.82. The van der Waals surface area contributed by atoms with Crippen LogP contribution in [-0.4, -0.2) is 18.4 Å². The minimum atomic E-state index is -0.247. The van der Waals surface area contributed by atoms with Crippen molar-refractivity contribution in [1.29, 1.82) is 0 Å². The van der Waals surface area contributed by atoms with Gasteiger partial charge < -0.3 is 4.74 Å². The average molecular weight is 248 g/mol. The molecule has 0 aromatic carbocycles. The molecule has 18 heavy (non-hydrogen) atoms. The predicted octanol–water partition coefficient (Wildman–Crippen LogP) is 2.65. The molecule has 0 N–H and O–H groups in total. The van der Waals surface area contributed by atoms with Crippen LogP contribution in [-0.2, 0) is 14.3 Å². The Bertz CT molecular complexity index is 472. The van der Waals surface area contributed by atoms with Crippen LogP contribution in [0.4, 0.5) is 0 Å². The first-order chi connectivity index (χ1) is 8.36. The van der Waals surface area contributed by atoms with Gasteiger partial charge in [-0.3, -0.25) is 4.79 Å².